The highest BCUT2D eigenvalue weighted by Gasteiger charge is 2.13. The van der Waals surface area contributed by atoms with Gasteiger partial charge in [0.2, 0.25) is 0 Å². The van der Waals surface area contributed by atoms with E-state index in [1.807, 2.05) is 6.07 Å². The number of anilines is 2. The summed E-state index contributed by atoms with van der Waals surface area (Å²) in [6.07, 6.45) is 0. The molecule has 3 aromatic carbocycles. The minimum atomic E-state index is -1.01. The summed E-state index contributed by atoms with van der Waals surface area (Å²) in [5, 5.41) is 21.6. The van der Waals surface area contributed by atoms with Gasteiger partial charge in [-0.2, -0.15) is 0 Å². The highest BCUT2D eigenvalue weighted by atomic mass is 32.1. The number of hydrogen-bond donors (Lipinski definition) is 5. The maximum atomic E-state index is 11.4. The Hall–Kier alpha value is -4.27. The van der Waals surface area contributed by atoms with Gasteiger partial charge in [-0.3, -0.25) is 0 Å². The number of ether oxygens (including phenoxy) is 1. The molecule has 0 saturated heterocycles. The van der Waals surface area contributed by atoms with E-state index < -0.39 is 11.9 Å². The molecule has 5 aromatic rings. The predicted octanol–water partition coefficient (Wildman–Crippen LogP) is 4.31. The molecule has 11 nitrogen and oxygen atoms in total. The number of nitrogens with two attached hydrogens (primary N) is 2. The Balaban J connectivity index is 0.000000156. The van der Waals surface area contributed by atoms with E-state index in [2.05, 4.69) is 31.9 Å². The number of methoxy groups -OCH3 is 1. The summed E-state index contributed by atoms with van der Waals surface area (Å²) in [5.41, 5.74) is 13.6. The number of aromatic nitrogens is 3. The van der Waals surface area contributed by atoms with Crippen LogP contribution < -0.4 is 11.5 Å². The first-order chi connectivity index (χ1) is 17.6. The number of benzene rings is 3. The number of thiol groups is 1. The van der Waals surface area contributed by atoms with Crippen LogP contribution in [0.2, 0.25) is 0 Å². The first-order valence-electron chi connectivity index (χ1n) is 10.1. The zero-order valence-electron chi connectivity index (χ0n) is 19.0. The van der Waals surface area contributed by atoms with Gasteiger partial charge in [0.25, 0.3) is 0 Å². The van der Waals surface area contributed by atoms with Crippen LogP contribution in [-0.4, -0.2) is 49.8 Å². The van der Waals surface area contributed by atoms with Crippen molar-refractivity contribution in [3.05, 3.63) is 71.3 Å². The molecule has 0 amide bonds. The van der Waals surface area contributed by atoms with E-state index in [1.54, 1.807) is 42.5 Å². The second-order valence-electron chi connectivity index (χ2n) is 6.98. The highest BCUT2D eigenvalue weighted by Crippen LogP contribution is 2.27. The quantitative estimate of drug-likeness (QED) is 0.121. The molecule has 14 heteroatoms. The summed E-state index contributed by atoms with van der Waals surface area (Å²) >= 11 is 6.33. The van der Waals surface area contributed by atoms with Gasteiger partial charge in [-0.1, -0.05) is 34.0 Å². The number of carboxylic acids is 2. The minimum absolute atomic E-state index is 0.133. The van der Waals surface area contributed by atoms with E-state index >= 15 is 0 Å². The number of hydrogen-bond acceptors (Lipinski definition) is 12. The Labute approximate surface area is 222 Å². The number of carbonyl (C=O) groups excluding carboxylic acids is 1. The number of fused-ring (bicyclic) bond motifs is 2. The van der Waals surface area contributed by atoms with Gasteiger partial charge in [0.05, 0.1) is 38.7 Å². The summed E-state index contributed by atoms with van der Waals surface area (Å²) in [7, 11) is 1.35. The van der Waals surface area contributed by atoms with Crippen LogP contribution in [0, 0.1) is 0 Å². The first kappa shape index (κ1) is 27.3. The molecule has 0 unspecified atom stereocenters. The molecule has 0 fully saturated rings. The van der Waals surface area contributed by atoms with Crippen LogP contribution in [0.5, 0.6) is 0 Å². The van der Waals surface area contributed by atoms with Crippen molar-refractivity contribution in [1.82, 2.24) is 14.6 Å². The molecule has 0 bridgehead atoms. The molecule has 37 heavy (non-hydrogen) atoms. The van der Waals surface area contributed by atoms with Crippen LogP contribution in [0.3, 0.4) is 0 Å². The molecule has 0 aliphatic heterocycles. The van der Waals surface area contributed by atoms with Crippen LogP contribution >= 0.6 is 35.5 Å². The van der Waals surface area contributed by atoms with Gasteiger partial charge in [-0.25, -0.2) is 19.4 Å². The topological polar surface area (TPSA) is 192 Å². The fraction of sp³-hybridized carbons (Fsp3) is 0.0435. The number of aromatic carboxylic acids is 2. The summed E-state index contributed by atoms with van der Waals surface area (Å²) in [5.74, 6) is -2.31. The van der Waals surface area contributed by atoms with Gasteiger partial charge in [-0.15, -0.1) is 17.7 Å². The van der Waals surface area contributed by atoms with Crippen LogP contribution in [0.15, 0.2) is 59.5 Å². The average molecular weight is 558 g/mol. The molecule has 0 saturated carbocycles. The number of carboxylic acid groups (broad SMARTS) is 2. The number of carbonyl (C=O) groups is 3. The Kier molecular flexibility index (Phi) is 8.95. The smallest absolute Gasteiger partial charge is 0.339 e. The zero-order chi connectivity index (χ0) is 27.1. The standard InChI is InChI=1S/C9H8N2O2S.C7H4N2O2S.C7H7NO2S/c1-13-8(12)5-3-2-4-6-7(5)14-9(10)11-6;10-7(11)4-2-1-3-5-6(4)12-9-8-5;8-5-3-1-2-4(6(5)11)7(9)10/h2-4H,1H3,(H2,10,11);1-3H,(H,10,11);1-3,11H,8H2,(H,9,10). The van der Waals surface area contributed by atoms with Gasteiger partial charge in [0, 0.05) is 10.6 Å². The molecule has 190 valence electrons. The van der Waals surface area contributed by atoms with Crippen molar-refractivity contribution in [2.75, 3.05) is 18.6 Å². The number of rotatable bonds is 3. The van der Waals surface area contributed by atoms with Gasteiger partial charge < -0.3 is 26.4 Å². The summed E-state index contributed by atoms with van der Waals surface area (Å²) in [4.78, 5) is 36.9. The van der Waals surface area contributed by atoms with Crippen molar-refractivity contribution in [2.24, 2.45) is 0 Å². The first-order valence-corrected chi connectivity index (χ1v) is 12.2. The van der Waals surface area contributed by atoms with Gasteiger partial charge in [0.1, 0.15) is 5.52 Å². The van der Waals surface area contributed by atoms with Crippen molar-refractivity contribution in [3.8, 4) is 0 Å². The van der Waals surface area contributed by atoms with Crippen molar-refractivity contribution in [3.63, 3.8) is 0 Å². The lowest BCUT2D eigenvalue weighted by molar-refractivity contribution is 0.0601. The molecular weight excluding hydrogens is 538 g/mol. The Morgan fingerprint density at radius 2 is 1.46 bits per heavy atom. The maximum absolute atomic E-state index is 11.4. The molecule has 0 atom stereocenters. The second-order valence-corrected chi connectivity index (χ2v) is 9.21. The summed E-state index contributed by atoms with van der Waals surface area (Å²) in [6, 6.07) is 14.9. The van der Waals surface area contributed by atoms with Crippen LogP contribution in [-0.2, 0) is 4.74 Å². The third-order valence-corrected chi connectivity index (χ3v) is 6.85. The van der Waals surface area contributed by atoms with Gasteiger partial charge in [0.15, 0.2) is 5.13 Å². The number of nitrogens with zero attached hydrogens (tertiary/aromatic N) is 3. The van der Waals surface area contributed by atoms with E-state index in [-0.39, 0.29) is 17.1 Å². The van der Waals surface area contributed by atoms with Crippen LogP contribution in [0.25, 0.3) is 20.4 Å². The van der Waals surface area contributed by atoms with E-state index in [9.17, 15) is 14.4 Å². The van der Waals surface area contributed by atoms with Crippen LogP contribution in [0.4, 0.5) is 10.8 Å². The molecule has 0 radical (unpaired) electrons. The predicted molar refractivity (Wildman–Crippen MR) is 145 cm³/mol. The normalized spacial score (nSPS) is 10.1. The number of thiazole rings is 1. The third kappa shape index (κ3) is 6.49. The molecule has 5 rings (SSSR count). The second kappa shape index (κ2) is 12.1. The monoisotopic (exact) mass is 557 g/mol. The lowest BCUT2D eigenvalue weighted by Crippen LogP contribution is -2.00. The molecule has 6 N–H and O–H groups in total. The van der Waals surface area contributed by atoms with Crippen LogP contribution in [0.1, 0.15) is 31.1 Å². The Morgan fingerprint density at radius 1 is 0.865 bits per heavy atom. The van der Waals surface area contributed by atoms with E-state index in [0.717, 1.165) is 21.7 Å². The van der Waals surface area contributed by atoms with E-state index in [1.165, 1.54) is 24.5 Å². The van der Waals surface area contributed by atoms with Gasteiger partial charge in [-0.05, 0) is 47.9 Å². The number of nitrogen functional groups attached to an aromatic ring is 2. The van der Waals surface area contributed by atoms with Crippen molar-refractivity contribution in [2.45, 2.75) is 4.90 Å². The average Bonchev–Trinajstić information content (AvgIpc) is 3.51. The van der Waals surface area contributed by atoms with E-state index in [0.29, 0.717) is 31.5 Å². The van der Waals surface area contributed by atoms with Crippen molar-refractivity contribution in [1.29, 1.82) is 0 Å². The molecule has 0 spiro atoms. The molecule has 0 aliphatic rings. The summed E-state index contributed by atoms with van der Waals surface area (Å²) in [6.45, 7) is 0. The van der Waals surface area contributed by atoms with Crippen molar-refractivity contribution < 1.29 is 29.3 Å². The van der Waals surface area contributed by atoms with E-state index in [4.69, 9.17) is 21.7 Å². The number of esters is 1. The highest BCUT2D eigenvalue weighted by molar-refractivity contribution is 7.80. The zero-order valence-corrected chi connectivity index (χ0v) is 21.5. The fourth-order valence-electron chi connectivity index (χ4n) is 2.94. The fourth-order valence-corrected chi connectivity index (χ4v) is 4.69. The molecule has 0 aliphatic carbocycles. The molecule has 2 aromatic heterocycles. The third-order valence-electron chi connectivity index (χ3n) is 4.64. The SMILES string of the molecule is COC(=O)c1cccc2nc(N)sc12.Nc1cccc(C(=O)O)c1S.O=C(O)c1cccc2nnsc12. The Morgan fingerprint density at radius 3 is 2.08 bits per heavy atom. The summed E-state index contributed by atoms with van der Waals surface area (Å²) < 4.78 is 9.73. The largest absolute Gasteiger partial charge is 0.478 e. The molecule has 2 heterocycles. The lowest BCUT2D eigenvalue weighted by atomic mass is 10.2. The maximum Gasteiger partial charge on any atom is 0.339 e. The molecular formula is C23H19N5O6S3. The van der Waals surface area contributed by atoms with Crippen molar-refractivity contribution >= 4 is 84.7 Å². The lowest BCUT2D eigenvalue weighted by Gasteiger charge is -2.01. The minimum Gasteiger partial charge on any atom is -0.478 e. The van der Waals surface area contributed by atoms with Gasteiger partial charge >= 0.3 is 17.9 Å². The Bertz CT molecular complexity index is 1600.